The third kappa shape index (κ3) is 3.14. The van der Waals surface area contributed by atoms with Crippen molar-refractivity contribution in [3.63, 3.8) is 0 Å². The number of carbonyl (C=O) groups is 1. The molecular formula is C17H15ClN4O2. The van der Waals surface area contributed by atoms with Crippen molar-refractivity contribution in [3.05, 3.63) is 63.9 Å². The summed E-state index contributed by atoms with van der Waals surface area (Å²) in [7, 11) is 0. The first-order valence-corrected chi connectivity index (χ1v) is 7.88. The highest BCUT2D eigenvalue weighted by atomic mass is 35.5. The lowest BCUT2D eigenvalue weighted by Crippen LogP contribution is -2.35. The van der Waals surface area contributed by atoms with Crippen LogP contribution in [-0.2, 0) is 4.79 Å². The molecule has 1 aromatic heterocycles. The Morgan fingerprint density at radius 2 is 2.04 bits per heavy atom. The van der Waals surface area contributed by atoms with E-state index in [-0.39, 0.29) is 11.5 Å². The van der Waals surface area contributed by atoms with Crippen LogP contribution in [0.1, 0.15) is 19.4 Å². The Labute approximate surface area is 143 Å². The molecule has 3 rings (SSSR count). The summed E-state index contributed by atoms with van der Waals surface area (Å²) in [5.74, 6) is -0.341. The molecular weight excluding hydrogens is 328 g/mol. The van der Waals surface area contributed by atoms with E-state index in [1.54, 1.807) is 48.5 Å². The number of rotatable bonds is 4. The van der Waals surface area contributed by atoms with E-state index in [0.717, 1.165) is 4.68 Å². The third-order valence-corrected chi connectivity index (χ3v) is 3.90. The van der Waals surface area contributed by atoms with Crippen LogP contribution in [0.15, 0.2) is 53.3 Å². The number of amides is 1. The van der Waals surface area contributed by atoms with E-state index in [0.29, 0.717) is 28.0 Å². The summed E-state index contributed by atoms with van der Waals surface area (Å²) in [6.45, 7) is 1.81. The zero-order valence-corrected chi connectivity index (χ0v) is 13.7. The molecule has 6 nitrogen and oxygen atoms in total. The smallest absolute Gasteiger partial charge is 0.278 e. The Morgan fingerprint density at radius 3 is 2.79 bits per heavy atom. The fourth-order valence-corrected chi connectivity index (χ4v) is 2.66. The molecule has 0 saturated carbocycles. The van der Waals surface area contributed by atoms with E-state index in [9.17, 15) is 9.59 Å². The van der Waals surface area contributed by atoms with E-state index in [4.69, 9.17) is 11.6 Å². The normalized spacial score (nSPS) is 12.1. The molecule has 0 radical (unpaired) electrons. The maximum Gasteiger partial charge on any atom is 0.278 e. The zero-order valence-electron chi connectivity index (χ0n) is 12.9. The van der Waals surface area contributed by atoms with Gasteiger partial charge in [0, 0.05) is 10.7 Å². The van der Waals surface area contributed by atoms with E-state index in [2.05, 4.69) is 15.6 Å². The van der Waals surface area contributed by atoms with Crippen LogP contribution in [0.5, 0.6) is 0 Å². The van der Waals surface area contributed by atoms with Crippen LogP contribution in [0.4, 0.5) is 5.69 Å². The van der Waals surface area contributed by atoms with E-state index >= 15 is 0 Å². The highest BCUT2D eigenvalue weighted by molar-refractivity contribution is 6.30. The van der Waals surface area contributed by atoms with Crippen molar-refractivity contribution >= 4 is 34.1 Å². The highest BCUT2D eigenvalue weighted by Gasteiger charge is 2.22. The van der Waals surface area contributed by atoms with Crippen molar-refractivity contribution in [2.75, 3.05) is 5.32 Å². The van der Waals surface area contributed by atoms with Crippen LogP contribution in [0, 0.1) is 0 Å². The van der Waals surface area contributed by atoms with Crippen molar-refractivity contribution in [1.82, 2.24) is 15.0 Å². The lowest BCUT2D eigenvalue weighted by Gasteiger charge is -2.16. The summed E-state index contributed by atoms with van der Waals surface area (Å²) < 4.78 is 1.13. The lowest BCUT2D eigenvalue weighted by atomic mass is 10.2. The van der Waals surface area contributed by atoms with Gasteiger partial charge in [-0.2, -0.15) is 4.68 Å². The number of fused-ring (bicyclic) bond motifs is 1. The van der Waals surface area contributed by atoms with Crippen LogP contribution in [0.25, 0.3) is 10.9 Å². The van der Waals surface area contributed by atoms with Gasteiger partial charge in [-0.3, -0.25) is 9.59 Å². The Morgan fingerprint density at radius 1 is 1.25 bits per heavy atom. The Kier molecular flexibility index (Phi) is 4.57. The summed E-state index contributed by atoms with van der Waals surface area (Å²) in [5, 5.41) is 11.7. The SMILES string of the molecule is CC[C@H](C(=O)Nc1cccc(Cl)c1)n1nnc2ccccc2c1=O. The van der Waals surface area contributed by atoms with Gasteiger partial charge in [0.2, 0.25) is 5.91 Å². The molecule has 3 aromatic rings. The Balaban J connectivity index is 1.95. The molecule has 0 aliphatic carbocycles. The molecule has 0 spiro atoms. The van der Waals surface area contributed by atoms with Gasteiger partial charge in [0.1, 0.15) is 11.6 Å². The number of nitrogens with one attached hydrogen (secondary N) is 1. The number of hydrogen-bond donors (Lipinski definition) is 1. The van der Waals surface area contributed by atoms with Crippen LogP contribution in [0.2, 0.25) is 5.02 Å². The molecule has 0 aliphatic heterocycles. The quantitative estimate of drug-likeness (QED) is 0.790. The van der Waals surface area contributed by atoms with Gasteiger partial charge >= 0.3 is 0 Å². The molecule has 0 aliphatic rings. The molecule has 0 unspecified atom stereocenters. The predicted molar refractivity (Wildman–Crippen MR) is 93.2 cm³/mol. The first kappa shape index (κ1) is 16.1. The third-order valence-electron chi connectivity index (χ3n) is 3.67. The zero-order chi connectivity index (χ0) is 17.1. The van der Waals surface area contributed by atoms with E-state index in [1.807, 2.05) is 6.92 Å². The van der Waals surface area contributed by atoms with Crippen molar-refractivity contribution < 1.29 is 4.79 Å². The molecule has 1 amide bonds. The monoisotopic (exact) mass is 342 g/mol. The summed E-state index contributed by atoms with van der Waals surface area (Å²) in [5.41, 5.74) is 0.727. The van der Waals surface area contributed by atoms with Crippen molar-refractivity contribution in [3.8, 4) is 0 Å². The van der Waals surface area contributed by atoms with E-state index < -0.39 is 6.04 Å². The second kappa shape index (κ2) is 6.80. The van der Waals surface area contributed by atoms with Crippen molar-refractivity contribution in [2.45, 2.75) is 19.4 Å². The number of halogens is 1. The molecule has 0 bridgehead atoms. The van der Waals surface area contributed by atoms with Crippen molar-refractivity contribution in [2.24, 2.45) is 0 Å². The largest absolute Gasteiger partial charge is 0.324 e. The standard InChI is InChI=1S/C17H15ClN4O2/c1-2-15(16(23)19-12-7-5-6-11(18)10-12)22-17(24)13-8-3-4-9-14(13)20-21-22/h3-10,15H,2H2,1H3,(H,19,23)/t15-/m1/s1. The molecule has 7 heteroatoms. The second-order valence-electron chi connectivity index (χ2n) is 5.28. The van der Waals surface area contributed by atoms with Gasteiger partial charge < -0.3 is 5.32 Å². The summed E-state index contributed by atoms with van der Waals surface area (Å²) in [4.78, 5) is 25.2. The summed E-state index contributed by atoms with van der Waals surface area (Å²) in [6, 6.07) is 13.0. The highest BCUT2D eigenvalue weighted by Crippen LogP contribution is 2.18. The van der Waals surface area contributed by atoms with Crippen LogP contribution >= 0.6 is 11.6 Å². The number of nitrogens with zero attached hydrogens (tertiary/aromatic N) is 3. The maximum absolute atomic E-state index is 12.6. The summed E-state index contributed by atoms with van der Waals surface area (Å²) in [6.07, 6.45) is 0.402. The fourth-order valence-electron chi connectivity index (χ4n) is 2.47. The van der Waals surface area contributed by atoms with Gasteiger partial charge in [-0.25, -0.2) is 0 Å². The fraction of sp³-hybridized carbons (Fsp3) is 0.176. The summed E-state index contributed by atoms with van der Waals surface area (Å²) >= 11 is 5.92. The predicted octanol–water partition coefficient (Wildman–Crippen LogP) is 3.03. The Bertz CT molecular complexity index is 954. The molecule has 1 N–H and O–H groups in total. The second-order valence-corrected chi connectivity index (χ2v) is 5.72. The minimum atomic E-state index is -0.756. The maximum atomic E-state index is 12.6. The van der Waals surface area contributed by atoms with Gasteiger partial charge in [-0.05, 0) is 36.8 Å². The molecule has 1 heterocycles. The van der Waals surface area contributed by atoms with Gasteiger partial charge in [0.05, 0.1) is 5.39 Å². The van der Waals surface area contributed by atoms with Crippen LogP contribution in [0.3, 0.4) is 0 Å². The molecule has 1 atom stereocenters. The number of carbonyl (C=O) groups excluding carboxylic acids is 1. The van der Waals surface area contributed by atoms with Gasteiger partial charge in [0.15, 0.2) is 0 Å². The topological polar surface area (TPSA) is 76.9 Å². The minimum Gasteiger partial charge on any atom is -0.324 e. The van der Waals surface area contributed by atoms with E-state index in [1.165, 1.54) is 0 Å². The molecule has 2 aromatic carbocycles. The molecule has 0 saturated heterocycles. The number of benzene rings is 2. The van der Waals surface area contributed by atoms with Crippen molar-refractivity contribution in [1.29, 1.82) is 0 Å². The number of aromatic nitrogens is 3. The van der Waals surface area contributed by atoms with Gasteiger partial charge in [-0.1, -0.05) is 41.9 Å². The minimum absolute atomic E-state index is 0.339. The average Bonchev–Trinajstić information content (AvgIpc) is 2.58. The lowest BCUT2D eigenvalue weighted by molar-refractivity contribution is -0.119. The van der Waals surface area contributed by atoms with Gasteiger partial charge in [0.25, 0.3) is 5.56 Å². The molecule has 122 valence electrons. The number of hydrogen-bond acceptors (Lipinski definition) is 4. The molecule has 0 fully saturated rings. The molecule has 24 heavy (non-hydrogen) atoms. The average molecular weight is 343 g/mol. The van der Waals surface area contributed by atoms with Gasteiger partial charge in [-0.15, -0.1) is 5.10 Å². The first-order chi connectivity index (χ1) is 11.6. The van der Waals surface area contributed by atoms with Crippen LogP contribution in [-0.4, -0.2) is 20.9 Å². The van der Waals surface area contributed by atoms with Crippen LogP contribution < -0.4 is 10.9 Å². The Hall–Kier alpha value is -2.73. The first-order valence-electron chi connectivity index (χ1n) is 7.51. The number of anilines is 1.